The van der Waals surface area contributed by atoms with Crippen LogP contribution in [0.2, 0.25) is 0 Å². The van der Waals surface area contributed by atoms with Crippen molar-refractivity contribution in [2.45, 2.75) is 32.7 Å². The summed E-state index contributed by atoms with van der Waals surface area (Å²) in [5.41, 5.74) is -0.219. The third kappa shape index (κ3) is 2.53. The Kier molecular flexibility index (Phi) is 3.96. The molecule has 100 valence electrons. The molecule has 0 saturated carbocycles. The minimum atomic E-state index is -0.219. The lowest BCUT2D eigenvalue weighted by atomic mass is 9.81. The predicted octanol–water partition coefficient (Wildman–Crippen LogP) is 0.543. The molecule has 2 heterocycles. The van der Waals surface area contributed by atoms with Crippen molar-refractivity contribution < 1.29 is 4.79 Å². The van der Waals surface area contributed by atoms with Crippen molar-refractivity contribution in [3.05, 3.63) is 12.2 Å². The predicted molar refractivity (Wildman–Crippen MR) is 67.7 cm³/mol. The van der Waals surface area contributed by atoms with E-state index in [1.807, 2.05) is 7.05 Å². The molecule has 0 aromatic carbocycles. The van der Waals surface area contributed by atoms with Gasteiger partial charge in [0.25, 0.3) is 0 Å². The molecule has 1 aromatic rings. The fraction of sp³-hybridized carbons (Fsp3) is 0.750. The first-order chi connectivity index (χ1) is 8.68. The first-order valence-electron chi connectivity index (χ1n) is 6.48. The van der Waals surface area contributed by atoms with Crippen molar-refractivity contribution in [3.8, 4) is 0 Å². The van der Waals surface area contributed by atoms with Crippen molar-refractivity contribution in [2.24, 2.45) is 5.41 Å². The zero-order valence-electron chi connectivity index (χ0n) is 11.1. The first kappa shape index (κ1) is 13.0. The Balaban J connectivity index is 2.04. The lowest BCUT2D eigenvalue weighted by Gasteiger charge is -2.31. The SMILES string of the molecule is CCCC1(C(=O)N(C)Cc2ncn[nH]2)CCNC1. The standard InChI is InChI=1S/C12H21N5O/c1-3-4-12(5-6-13-8-12)11(18)17(2)7-10-14-9-15-16-10/h9,13H,3-8H2,1-2H3,(H,14,15,16). The third-order valence-electron chi connectivity index (χ3n) is 3.62. The van der Waals surface area contributed by atoms with E-state index in [-0.39, 0.29) is 11.3 Å². The summed E-state index contributed by atoms with van der Waals surface area (Å²) in [6.07, 6.45) is 4.37. The van der Waals surface area contributed by atoms with E-state index < -0.39 is 0 Å². The minimum Gasteiger partial charge on any atom is -0.338 e. The highest BCUT2D eigenvalue weighted by molar-refractivity contribution is 5.83. The summed E-state index contributed by atoms with van der Waals surface area (Å²) in [6.45, 7) is 4.34. The molecule has 1 unspecified atom stereocenters. The quantitative estimate of drug-likeness (QED) is 0.801. The smallest absolute Gasteiger partial charge is 0.230 e. The fourth-order valence-electron chi connectivity index (χ4n) is 2.73. The molecule has 1 amide bonds. The molecule has 1 atom stereocenters. The Morgan fingerprint density at radius 3 is 3.00 bits per heavy atom. The summed E-state index contributed by atoms with van der Waals surface area (Å²) in [4.78, 5) is 18.4. The van der Waals surface area contributed by atoms with Gasteiger partial charge in [0.15, 0.2) is 0 Å². The van der Waals surface area contributed by atoms with Crippen LogP contribution in [0.15, 0.2) is 6.33 Å². The topological polar surface area (TPSA) is 73.9 Å². The summed E-state index contributed by atoms with van der Waals surface area (Å²) in [7, 11) is 1.83. The normalized spacial score (nSPS) is 23.2. The number of rotatable bonds is 5. The lowest BCUT2D eigenvalue weighted by molar-refractivity contribution is -0.140. The molecule has 6 nitrogen and oxygen atoms in total. The van der Waals surface area contributed by atoms with Crippen LogP contribution < -0.4 is 5.32 Å². The highest BCUT2D eigenvalue weighted by Gasteiger charge is 2.41. The van der Waals surface area contributed by atoms with Gasteiger partial charge in [-0.25, -0.2) is 4.98 Å². The van der Waals surface area contributed by atoms with Gasteiger partial charge in [-0.1, -0.05) is 13.3 Å². The molecule has 0 spiro atoms. The van der Waals surface area contributed by atoms with Crippen LogP contribution in [0.25, 0.3) is 0 Å². The molecule has 0 bridgehead atoms. The zero-order chi connectivity index (χ0) is 13.0. The number of nitrogens with zero attached hydrogens (tertiary/aromatic N) is 3. The van der Waals surface area contributed by atoms with Crippen LogP contribution in [0.1, 0.15) is 32.0 Å². The van der Waals surface area contributed by atoms with Gasteiger partial charge in [0, 0.05) is 13.6 Å². The Labute approximate surface area is 107 Å². The Bertz CT molecular complexity index is 383. The van der Waals surface area contributed by atoms with Gasteiger partial charge in [-0.2, -0.15) is 5.10 Å². The summed E-state index contributed by atoms with van der Waals surface area (Å²) in [6, 6.07) is 0. The second-order valence-electron chi connectivity index (χ2n) is 5.05. The van der Waals surface area contributed by atoms with E-state index in [0.29, 0.717) is 6.54 Å². The number of carbonyl (C=O) groups excluding carboxylic acids is 1. The van der Waals surface area contributed by atoms with Crippen LogP contribution in [0.3, 0.4) is 0 Å². The van der Waals surface area contributed by atoms with Crippen LogP contribution in [0.5, 0.6) is 0 Å². The summed E-state index contributed by atoms with van der Waals surface area (Å²) < 4.78 is 0. The van der Waals surface area contributed by atoms with E-state index in [1.54, 1.807) is 4.90 Å². The van der Waals surface area contributed by atoms with E-state index in [2.05, 4.69) is 27.4 Å². The second kappa shape index (κ2) is 5.48. The number of aromatic nitrogens is 3. The van der Waals surface area contributed by atoms with Crippen LogP contribution in [-0.2, 0) is 11.3 Å². The average molecular weight is 251 g/mol. The first-order valence-corrected chi connectivity index (χ1v) is 6.48. The highest BCUT2D eigenvalue weighted by atomic mass is 16.2. The minimum absolute atomic E-state index is 0.214. The van der Waals surface area contributed by atoms with Gasteiger partial charge >= 0.3 is 0 Å². The number of hydrogen-bond acceptors (Lipinski definition) is 4. The molecule has 2 N–H and O–H groups in total. The molecule has 18 heavy (non-hydrogen) atoms. The van der Waals surface area contributed by atoms with E-state index in [4.69, 9.17) is 0 Å². The van der Waals surface area contributed by atoms with Gasteiger partial charge in [-0.05, 0) is 19.4 Å². The van der Waals surface area contributed by atoms with E-state index in [1.165, 1.54) is 6.33 Å². The van der Waals surface area contributed by atoms with Gasteiger partial charge < -0.3 is 10.2 Å². The molecule has 2 rings (SSSR count). The van der Waals surface area contributed by atoms with E-state index in [0.717, 1.165) is 38.2 Å². The monoisotopic (exact) mass is 251 g/mol. The van der Waals surface area contributed by atoms with Gasteiger partial charge in [0.1, 0.15) is 12.2 Å². The van der Waals surface area contributed by atoms with Crippen LogP contribution in [0, 0.1) is 5.41 Å². The molecule has 1 aliphatic rings. The van der Waals surface area contributed by atoms with Crippen molar-refractivity contribution >= 4 is 5.91 Å². The number of hydrogen-bond donors (Lipinski definition) is 2. The summed E-state index contributed by atoms with van der Waals surface area (Å²) >= 11 is 0. The van der Waals surface area contributed by atoms with Gasteiger partial charge in [-0.3, -0.25) is 9.89 Å². The maximum absolute atomic E-state index is 12.6. The van der Waals surface area contributed by atoms with Crippen LogP contribution >= 0.6 is 0 Å². The Morgan fingerprint density at radius 2 is 2.44 bits per heavy atom. The number of nitrogens with one attached hydrogen (secondary N) is 2. The fourth-order valence-corrected chi connectivity index (χ4v) is 2.73. The van der Waals surface area contributed by atoms with Gasteiger partial charge in [0.2, 0.25) is 5.91 Å². The van der Waals surface area contributed by atoms with Gasteiger partial charge in [0.05, 0.1) is 12.0 Å². The van der Waals surface area contributed by atoms with E-state index >= 15 is 0 Å². The molecule has 6 heteroatoms. The largest absolute Gasteiger partial charge is 0.338 e. The molecule has 1 saturated heterocycles. The number of aromatic amines is 1. The summed E-state index contributed by atoms with van der Waals surface area (Å²) in [5.74, 6) is 0.939. The van der Waals surface area contributed by atoms with Crippen molar-refractivity contribution in [1.82, 2.24) is 25.4 Å². The van der Waals surface area contributed by atoms with Crippen molar-refractivity contribution in [3.63, 3.8) is 0 Å². The lowest BCUT2D eigenvalue weighted by Crippen LogP contribution is -2.43. The maximum Gasteiger partial charge on any atom is 0.230 e. The van der Waals surface area contributed by atoms with E-state index in [9.17, 15) is 4.79 Å². The molecular formula is C12H21N5O. The Morgan fingerprint density at radius 1 is 1.61 bits per heavy atom. The average Bonchev–Trinajstić information content (AvgIpc) is 3.00. The number of amides is 1. The second-order valence-corrected chi connectivity index (χ2v) is 5.05. The molecule has 1 aromatic heterocycles. The van der Waals surface area contributed by atoms with Crippen LogP contribution in [-0.4, -0.2) is 46.1 Å². The van der Waals surface area contributed by atoms with Crippen LogP contribution in [0.4, 0.5) is 0 Å². The molecular weight excluding hydrogens is 230 g/mol. The molecule has 1 aliphatic heterocycles. The van der Waals surface area contributed by atoms with Gasteiger partial charge in [-0.15, -0.1) is 0 Å². The number of H-pyrrole nitrogens is 1. The highest BCUT2D eigenvalue weighted by Crippen LogP contribution is 2.33. The molecule has 1 fully saturated rings. The Hall–Kier alpha value is -1.43. The zero-order valence-corrected chi connectivity index (χ0v) is 11.1. The van der Waals surface area contributed by atoms with Crippen molar-refractivity contribution in [2.75, 3.05) is 20.1 Å². The molecule has 0 aliphatic carbocycles. The number of carbonyl (C=O) groups is 1. The third-order valence-corrected chi connectivity index (χ3v) is 3.62. The maximum atomic E-state index is 12.6. The summed E-state index contributed by atoms with van der Waals surface area (Å²) in [5, 5.41) is 9.90. The molecule has 0 radical (unpaired) electrons. The van der Waals surface area contributed by atoms with Crippen molar-refractivity contribution in [1.29, 1.82) is 0 Å².